The average Bonchev–Trinajstić information content (AvgIpc) is 3.53. The summed E-state index contributed by atoms with van der Waals surface area (Å²) in [6, 6.07) is 14.4. The van der Waals surface area contributed by atoms with E-state index in [2.05, 4.69) is 10.8 Å². The highest BCUT2D eigenvalue weighted by molar-refractivity contribution is 7.91. The van der Waals surface area contributed by atoms with Crippen LogP contribution < -0.4 is 9.62 Å². The molecular weight excluding hydrogens is 386 g/mol. The highest BCUT2D eigenvalue weighted by atomic mass is 32.2. The van der Waals surface area contributed by atoms with Gasteiger partial charge in [-0.05, 0) is 67.0 Å². The Morgan fingerprint density at radius 3 is 2.55 bits per heavy atom. The van der Waals surface area contributed by atoms with Crippen LogP contribution in [0, 0.1) is 11.3 Å². The molecule has 29 heavy (non-hydrogen) atoms. The fourth-order valence-electron chi connectivity index (χ4n) is 3.80. The molecule has 1 unspecified atom stereocenters. The maximum atomic E-state index is 12.6. The zero-order valence-electron chi connectivity index (χ0n) is 16.3. The van der Waals surface area contributed by atoms with Crippen molar-refractivity contribution in [1.29, 1.82) is 5.26 Å². The molecule has 2 aromatic rings. The lowest BCUT2D eigenvalue weighted by molar-refractivity contribution is -0.119. The summed E-state index contributed by atoms with van der Waals surface area (Å²) in [5.41, 5.74) is 4.03. The van der Waals surface area contributed by atoms with Crippen LogP contribution in [0.4, 0.5) is 11.4 Å². The fraction of sp³-hybridized carbons (Fsp3) is 0.364. The number of carbonyl (C=O) groups is 1. The molecule has 0 aromatic heterocycles. The fourth-order valence-corrected chi connectivity index (χ4v) is 4.99. The van der Waals surface area contributed by atoms with Gasteiger partial charge in [0.25, 0.3) is 0 Å². The lowest BCUT2D eigenvalue weighted by Crippen LogP contribution is -2.41. The number of carbonyl (C=O) groups excluding carboxylic acids is 1. The molecular formula is C22H23N3O3S. The number of nitrogens with zero attached hydrogens (tertiary/aromatic N) is 2. The Hall–Kier alpha value is -2.85. The Morgan fingerprint density at radius 2 is 1.90 bits per heavy atom. The number of fused-ring (bicyclic) bond motifs is 1. The number of amides is 1. The van der Waals surface area contributed by atoms with Gasteiger partial charge in [0.15, 0.2) is 0 Å². The Morgan fingerprint density at radius 1 is 1.17 bits per heavy atom. The molecule has 0 spiro atoms. The molecule has 7 heteroatoms. The van der Waals surface area contributed by atoms with Crippen LogP contribution in [0.1, 0.15) is 48.8 Å². The summed E-state index contributed by atoms with van der Waals surface area (Å²) in [6.07, 6.45) is 3.27. The van der Waals surface area contributed by atoms with Crippen molar-refractivity contribution in [3.63, 3.8) is 0 Å². The van der Waals surface area contributed by atoms with E-state index in [1.807, 2.05) is 24.3 Å². The number of sulfonamides is 1. The lowest BCUT2D eigenvalue weighted by Gasteiger charge is -2.31. The summed E-state index contributed by atoms with van der Waals surface area (Å²) in [7, 11) is -3.56. The van der Waals surface area contributed by atoms with E-state index in [0.29, 0.717) is 30.1 Å². The number of hydrogen-bond donors (Lipinski definition) is 1. The summed E-state index contributed by atoms with van der Waals surface area (Å²) >= 11 is 0. The molecule has 1 atom stereocenters. The molecule has 2 aliphatic rings. The van der Waals surface area contributed by atoms with Crippen molar-refractivity contribution in [1.82, 2.24) is 0 Å². The third-order valence-corrected chi connectivity index (χ3v) is 6.71. The first-order chi connectivity index (χ1) is 13.9. The van der Waals surface area contributed by atoms with Crippen molar-refractivity contribution < 1.29 is 13.2 Å². The van der Waals surface area contributed by atoms with Gasteiger partial charge in [-0.15, -0.1) is 0 Å². The molecule has 150 valence electrons. The molecule has 0 bridgehead atoms. The second-order valence-electron chi connectivity index (χ2n) is 7.79. The van der Waals surface area contributed by atoms with Crippen LogP contribution >= 0.6 is 0 Å². The highest BCUT2D eigenvalue weighted by Crippen LogP contribution is 2.40. The van der Waals surface area contributed by atoms with Crippen LogP contribution in [-0.2, 0) is 27.0 Å². The molecule has 6 nitrogen and oxygen atoms in total. The third-order valence-electron chi connectivity index (χ3n) is 5.45. The second-order valence-corrected chi connectivity index (χ2v) is 9.51. The topological polar surface area (TPSA) is 90.3 Å². The summed E-state index contributed by atoms with van der Waals surface area (Å²) < 4.78 is 27.9. The molecule has 4 rings (SSSR count). The van der Waals surface area contributed by atoms with Crippen molar-refractivity contribution in [2.24, 2.45) is 0 Å². The summed E-state index contributed by atoms with van der Waals surface area (Å²) in [5, 5.41) is 9.19. The Labute approximate surface area is 171 Å². The second kappa shape index (κ2) is 7.53. The van der Waals surface area contributed by atoms with E-state index in [4.69, 9.17) is 0 Å². The average molecular weight is 410 g/mol. The first kappa shape index (κ1) is 19.5. The van der Waals surface area contributed by atoms with E-state index >= 15 is 0 Å². The minimum atomic E-state index is -3.56. The smallest absolute Gasteiger partial charge is 0.236 e. The summed E-state index contributed by atoms with van der Waals surface area (Å²) in [5.74, 6) is 0.462. The van der Waals surface area contributed by atoms with Crippen LogP contribution in [0.3, 0.4) is 0 Å². The number of hydrogen-bond acceptors (Lipinski definition) is 4. The SMILES string of the molecule is CC(C#N)N1C(=O)CCc2cc(NS(=O)(=O)Cc3ccc(C4CC4)cc3)ccc21. The quantitative estimate of drug-likeness (QED) is 0.788. The maximum Gasteiger partial charge on any atom is 0.236 e. The Kier molecular flexibility index (Phi) is 5.05. The highest BCUT2D eigenvalue weighted by Gasteiger charge is 2.28. The molecule has 2 aromatic carbocycles. The van der Waals surface area contributed by atoms with Gasteiger partial charge < -0.3 is 0 Å². The molecule has 1 aliphatic carbocycles. The zero-order chi connectivity index (χ0) is 20.6. The third kappa shape index (κ3) is 4.28. The molecule has 1 amide bonds. The van der Waals surface area contributed by atoms with Gasteiger partial charge in [0, 0.05) is 17.8 Å². The Balaban J connectivity index is 1.50. The summed E-state index contributed by atoms with van der Waals surface area (Å²) in [4.78, 5) is 13.7. The number of nitriles is 1. The van der Waals surface area contributed by atoms with Crippen molar-refractivity contribution in [2.45, 2.75) is 50.3 Å². The Bertz CT molecular complexity index is 1080. The van der Waals surface area contributed by atoms with E-state index in [9.17, 15) is 18.5 Å². The lowest BCUT2D eigenvalue weighted by atomic mass is 9.99. The van der Waals surface area contributed by atoms with Crippen LogP contribution in [0.5, 0.6) is 0 Å². The van der Waals surface area contributed by atoms with Crippen molar-refractivity contribution >= 4 is 27.3 Å². The summed E-state index contributed by atoms with van der Waals surface area (Å²) in [6.45, 7) is 1.68. The first-order valence-electron chi connectivity index (χ1n) is 9.80. The molecule has 1 saturated carbocycles. The molecule has 0 radical (unpaired) electrons. The molecule has 1 N–H and O–H groups in total. The van der Waals surface area contributed by atoms with Gasteiger partial charge in [0.05, 0.1) is 11.8 Å². The first-order valence-corrected chi connectivity index (χ1v) is 11.5. The van der Waals surface area contributed by atoms with E-state index in [1.54, 1.807) is 25.1 Å². The van der Waals surface area contributed by atoms with Crippen LogP contribution in [0.25, 0.3) is 0 Å². The molecule has 1 aliphatic heterocycles. The predicted molar refractivity (Wildman–Crippen MR) is 112 cm³/mol. The van der Waals surface area contributed by atoms with Crippen molar-refractivity contribution in [2.75, 3.05) is 9.62 Å². The number of benzene rings is 2. The maximum absolute atomic E-state index is 12.6. The van der Waals surface area contributed by atoms with E-state index in [-0.39, 0.29) is 11.7 Å². The standard InChI is InChI=1S/C22H23N3O3S/c1-15(13-23)25-21-10-9-20(12-19(21)8-11-22(25)26)24-29(27,28)14-16-2-4-17(5-3-16)18-6-7-18/h2-5,9-10,12,15,18,24H,6-8,11,14H2,1H3. The number of rotatable bonds is 6. The van der Waals surface area contributed by atoms with Gasteiger partial charge >= 0.3 is 0 Å². The number of aryl methyl sites for hydroxylation is 1. The largest absolute Gasteiger partial charge is 0.296 e. The van der Waals surface area contributed by atoms with E-state index in [1.165, 1.54) is 23.3 Å². The van der Waals surface area contributed by atoms with Crippen LogP contribution in [-0.4, -0.2) is 20.4 Å². The monoisotopic (exact) mass is 409 g/mol. The normalized spacial score (nSPS) is 17.4. The van der Waals surface area contributed by atoms with E-state index < -0.39 is 16.1 Å². The van der Waals surface area contributed by atoms with Gasteiger partial charge in [0.2, 0.25) is 15.9 Å². The van der Waals surface area contributed by atoms with Gasteiger partial charge in [-0.25, -0.2) is 8.42 Å². The number of nitrogens with one attached hydrogen (secondary N) is 1. The van der Waals surface area contributed by atoms with E-state index in [0.717, 1.165) is 11.1 Å². The number of anilines is 2. The zero-order valence-corrected chi connectivity index (χ0v) is 17.1. The minimum absolute atomic E-state index is 0.0884. The molecule has 1 fully saturated rings. The minimum Gasteiger partial charge on any atom is -0.296 e. The van der Waals surface area contributed by atoms with Gasteiger partial charge in [-0.3, -0.25) is 14.4 Å². The van der Waals surface area contributed by atoms with Gasteiger partial charge in [-0.2, -0.15) is 5.26 Å². The molecule has 0 saturated heterocycles. The van der Waals surface area contributed by atoms with Crippen molar-refractivity contribution in [3.8, 4) is 6.07 Å². The predicted octanol–water partition coefficient (Wildman–Crippen LogP) is 3.70. The van der Waals surface area contributed by atoms with Crippen molar-refractivity contribution in [3.05, 3.63) is 59.2 Å². The van der Waals surface area contributed by atoms with Gasteiger partial charge in [-0.1, -0.05) is 24.3 Å². The van der Waals surface area contributed by atoms with Gasteiger partial charge in [0.1, 0.15) is 6.04 Å². The van der Waals surface area contributed by atoms with Crippen LogP contribution in [0.15, 0.2) is 42.5 Å². The molecule has 1 heterocycles. The van der Waals surface area contributed by atoms with Crippen LogP contribution in [0.2, 0.25) is 0 Å².